The molecular weight excluding hydrogens is 320 g/mol. The molecule has 0 aliphatic heterocycles. The number of hydrogen-bond donors (Lipinski definition) is 1. The molecule has 0 saturated heterocycles. The molecule has 0 saturated carbocycles. The third-order valence-corrected chi connectivity index (χ3v) is 4.63. The first-order chi connectivity index (χ1) is 9.96. The largest absolute Gasteiger partial charge is 0.496 e. The number of thiophene rings is 1. The molecule has 0 unspecified atom stereocenters. The number of fused-ring (bicyclic) bond motifs is 1. The zero-order chi connectivity index (χ0) is 15.6. The van der Waals surface area contributed by atoms with E-state index in [0.717, 1.165) is 27.8 Å². The van der Waals surface area contributed by atoms with Crippen LogP contribution in [-0.2, 0) is 11.2 Å². The molecule has 120 valence electrons. The highest BCUT2D eigenvalue weighted by molar-refractivity contribution is 7.59. The molecule has 1 heterocycles. The first-order valence-corrected chi connectivity index (χ1v) is 7.64. The van der Waals surface area contributed by atoms with Crippen molar-refractivity contribution < 1.29 is 19.4 Å². The molecule has 0 spiro atoms. The minimum absolute atomic E-state index is 0. The summed E-state index contributed by atoms with van der Waals surface area (Å²) in [6, 6.07) is 5.79. The van der Waals surface area contributed by atoms with Gasteiger partial charge in [0.05, 0.1) is 17.9 Å². The first kappa shape index (κ1) is 18.5. The van der Waals surface area contributed by atoms with E-state index in [4.69, 9.17) is 9.84 Å². The second kappa shape index (κ2) is 7.65. The maximum absolute atomic E-state index is 12.2. The molecule has 0 aliphatic rings. The molecule has 1 atom stereocenters. The van der Waals surface area contributed by atoms with Gasteiger partial charge in [0, 0.05) is 11.1 Å². The molecule has 4 nitrogen and oxygen atoms in total. The van der Waals surface area contributed by atoms with Gasteiger partial charge in [0.15, 0.2) is 5.78 Å². The van der Waals surface area contributed by atoms with Crippen LogP contribution in [0.25, 0.3) is 10.1 Å². The van der Waals surface area contributed by atoms with Crippen molar-refractivity contribution in [2.75, 3.05) is 7.11 Å². The molecule has 1 N–H and O–H groups in total. The van der Waals surface area contributed by atoms with E-state index in [0.29, 0.717) is 4.88 Å². The number of carboxylic acid groups (broad SMARTS) is 1. The summed E-state index contributed by atoms with van der Waals surface area (Å²) in [7, 11) is 1.63. The quantitative estimate of drug-likeness (QED) is 0.811. The molecule has 0 radical (unpaired) electrons. The number of hydrogen-bond acceptors (Lipinski definition) is 4. The van der Waals surface area contributed by atoms with E-state index in [1.165, 1.54) is 11.3 Å². The smallest absolute Gasteiger partial charge is 0.306 e. The predicted molar refractivity (Wildman–Crippen MR) is 93.9 cm³/mol. The normalized spacial score (nSPS) is 11.8. The Morgan fingerprint density at radius 3 is 2.55 bits per heavy atom. The minimum Gasteiger partial charge on any atom is -0.496 e. The number of benzene rings is 1. The van der Waals surface area contributed by atoms with E-state index in [1.54, 1.807) is 14.0 Å². The average molecular weight is 340 g/mol. The molecule has 6 heteroatoms. The summed E-state index contributed by atoms with van der Waals surface area (Å²) in [6.07, 6.45) is 0.885. The van der Waals surface area contributed by atoms with Crippen LogP contribution in [0.2, 0.25) is 0 Å². The Bertz CT molecular complexity index is 650. The van der Waals surface area contributed by atoms with Crippen molar-refractivity contribution in [1.82, 2.24) is 0 Å². The summed E-state index contributed by atoms with van der Waals surface area (Å²) in [5.74, 6) is -0.910. The lowest BCUT2D eigenvalue weighted by molar-refractivity contribution is -0.141. The topological polar surface area (TPSA) is 63.6 Å². The molecule has 1 aromatic carbocycles. The average Bonchev–Trinajstić information content (AvgIpc) is 2.88. The molecule has 2 aromatic rings. The number of rotatable bonds is 6. The Morgan fingerprint density at radius 1 is 1.32 bits per heavy atom. The first-order valence-electron chi connectivity index (χ1n) is 6.82. The van der Waals surface area contributed by atoms with E-state index in [2.05, 4.69) is 6.92 Å². The van der Waals surface area contributed by atoms with Crippen LogP contribution in [0.5, 0.6) is 5.75 Å². The summed E-state index contributed by atoms with van der Waals surface area (Å²) in [4.78, 5) is 23.6. The van der Waals surface area contributed by atoms with Crippen LogP contribution >= 0.6 is 24.8 Å². The van der Waals surface area contributed by atoms with E-state index >= 15 is 0 Å². The predicted octanol–water partition coefficient (Wildman–Crippen LogP) is 3.88. The maximum Gasteiger partial charge on any atom is 0.306 e. The number of carbonyl (C=O) groups is 2. The maximum atomic E-state index is 12.2. The van der Waals surface area contributed by atoms with Crippen molar-refractivity contribution in [3.05, 3.63) is 28.6 Å². The van der Waals surface area contributed by atoms with Gasteiger partial charge in [-0.25, -0.2) is 0 Å². The lowest BCUT2D eigenvalue weighted by Crippen LogP contribution is -2.13. The number of methoxy groups -OCH3 is 1. The van der Waals surface area contributed by atoms with Crippen LogP contribution in [0.4, 0.5) is 0 Å². The van der Waals surface area contributed by atoms with Crippen LogP contribution in [0, 0.1) is 5.92 Å². The fourth-order valence-electron chi connectivity index (χ4n) is 2.18. The number of ether oxygens (including phenoxy) is 1. The van der Waals surface area contributed by atoms with E-state index in [1.807, 2.05) is 18.2 Å². The molecule has 0 amide bonds. The third-order valence-electron chi connectivity index (χ3n) is 3.49. The minimum atomic E-state index is -0.945. The van der Waals surface area contributed by atoms with Crippen molar-refractivity contribution in [1.29, 1.82) is 0 Å². The van der Waals surface area contributed by atoms with Gasteiger partial charge in [0.2, 0.25) is 0 Å². The van der Waals surface area contributed by atoms with Crippen LogP contribution in [-0.4, -0.2) is 24.0 Å². The summed E-state index contributed by atoms with van der Waals surface area (Å²) in [5.41, 5.74) is 1.10. The van der Waals surface area contributed by atoms with Crippen LogP contribution < -0.4 is 4.74 Å². The van der Waals surface area contributed by atoms with Crippen LogP contribution in [0.15, 0.2) is 18.2 Å². The SMILES string of the molecule is CCc1cc2sc(C(=O)C[C@H](C)C(=O)O)cc2cc1OC.S. The van der Waals surface area contributed by atoms with Crippen molar-refractivity contribution in [2.24, 2.45) is 5.92 Å². The zero-order valence-electron chi connectivity index (χ0n) is 12.8. The van der Waals surface area contributed by atoms with Gasteiger partial charge in [-0.1, -0.05) is 13.8 Å². The summed E-state index contributed by atoms with van der Waals surface area (Å²) in [6.45, 7) is 3.60. The number of Topliss-reactive ketones (excluding diaryl/α,β-unsaturated/α-hetero) is 1. The number of carbonyl (C=O) groups excluding carboxylic acids is 1. The molecule has 2 rings (SSSR count). The lowest BCUT2D eigenvalue weighted by atomic mass is 10.0. The number of ketones is 1. The fourth-order valence-corrected chi connectivity index (χ4v) is 3.23. The van der Waals surface area contributed by atoms with Gasteiger partial charge in [-0.05, 0) is 35.6 Å². The van der Waals surface area contributed by atoms with Crippen molar-refractivity contribution in [3.63, 3.8) is 0 Å². The molecular formula is C16H20O4S2. The lowest BCUT2D eigenvalue weighted by Gasteiger charge is -2.05. The van der Waals surface area contributed by atoms with Crippen LogP contribution in [0.3, 0.4) is 0 Å². The molecule has 0 aliphatic carbocycles. The Morgan fingerprint density at radius 2 is 2.00 bits per heavy atom. The third kappa shape index (κ3) is 3.81. The van der Waals surface area contributed by atoms with E-state index in [9.17, 15) is 9.59 Å². The number of carboxylic acids is 1. The monoisotopic (exact) mass is 340 g/mol. The van der Waals surface area contributed by atoms with Gasteiger partial charge in [-0.2, -0.15) is 13.5 Å². The van der Waals surface area contributed by atoms with Crippen LogP contribution in [0.1, 0.15) is 35.5 Å². The summed E-state index contributed by atoms with van der Waals surface area (Å²) in [5, 5.41) is 9.85. The Balaban J connectivity index is 0.00000242. The molecule has 0 bridgehead atoms. The highest BCUT2D eigenvalue weighted by atomic mass is 32.1. The highest BCUT2D eigenvalue weighted by Gasteiger charge is 2.19. The zero-order valence-corrected chi connectivity index (χ0v) is 14.6. The highest BCUT2D eigenvalue weighted by Crippen LogP contribution is 2.33. The Hall–Kier alpha value is -1.53. The van der Waals surface area contributed by atoms with E-state index in [-0.39, 0.29) is 25.7 Å². The summed E-state index contributed by atoms with van der Waals surface area (Å²) < 4.78 is 6.38. The second-order valence-electron chi connectivity index (χ2n) is 5.03. The Kier molecular flexibility index (Phi) is 6.44. The van der Waals surface area contributed by atoms with Crippen molar-refractivity contribution >= 4 is 46.7 Å². The standard InChI is InChI=1S/C16H18O4S.H2S/c1-4-10-7-14-11(6-13(10)20-3)8-15(21-14)12(17)5-9(2)16(18)19;/h6-9H,4-5H2,1-3H3,(H,18,19);1H2/t9-;/m0./s1. The Labute approximate surface area is 140 Å². The van der Waals surface area contributed by atoms with Gasteiger partial charge in [-0.3, -0.25) is 9.59 Å². The molecule has 0 fully saturated rings. The number of aryl methyl sites for hydroxylation is 1. The molecule has 22 heavy (non-hydrogen) atoms. The van der Waals surface area contributed by atoms with Gasteiger partial charge >= 0.3 is 5.97 Å². The second-order valence-corrected chi connectivity index (χ2v) is 6.12. The number of aliphatic carboxylic acids is 1. The van der Waals surface area contributed by atoms with Gasteiger partial charge in [0.1, 0.15) is 5.75 Å². The fraction of sp³-hybridized carbons (Fsp3) is 0.375. The van der Waals surface area contributed by atoms with E-state index < -0.39 is 11.9 Å². The van der Waals surface area contributed by atoms with Crippen molar-refractivity contribution in [3.8, 4) is 5.75 Å². The van der Waals surface area contributed by atoms with Crippen molar-refractivity contribution in [2.45, 2.75) is 26.7 Å². The summed E-state index contributed by atoms with van der Waals surface area (Å²) >= 11 is 1.41. The van der Waals surface area contributed by atoms with Gasteiger partial charge in [0.25, 0.3) is 0 Å². The van der Waals surface area contributed by atoms with Gasteiger partial charge in [-0.15, -0.1) is 11.3 Å². The molecule has 1 aromatic heterocycles. The van der Waals surface area contributed by atoms with Gasteiger partial charge < -0.3 is 9.84 Å².